The van der Waals surface area contributed by atoms with Gasteiger partial charge in [0.25, 0.3) is 0 Å². The minimum absolute atomic E-state index is 0.107. The van der Waals surface area contributed by atoms with Crippen LogP contribution in [-0.4, -0.2) is 92.2 Å². The maximum Gasteiger partial charge on any atom is 0.225 e. The van der Waals surface area contributed by atoms with E-state index < -0.39 is 10.0 Å². The van der Waals surface area contributed by atoms with E-state index in [9.17, 15) is 13.2 Å². The predicted octanol–water partition coefficient (Wildman–Crippen LogP) is -1.05. The molecule has 1 spiro atoms. The Morgan fingerprint density at radius 1 is 1.23 bits per heavy atom. The van der Waals surface area contributed by atoms with Crippen molar-refractivity contribution in [3.05, 3.63) is 0 Å². The molecule has 4 fully saturated rings. The average Bonchev–Trinajstić information content (AvgIpc) is 3.26. The number of ether oxygens (including phenoxy) is 1. The third-order valence-corrected chi connectivity index (χ3v) is 6.62. The lowest BCUT2D eigenvalue weighted by molar-refractivity contribution is -0.170. The number of carbonyl (C=O) groups is 1. The highest BCUT2D eigenvalue weighted by molar-refractivity contribution is 7.88. The lowest BCUT2D eigenvalue weighted by Crippen LogP contribution is -2.81. The van der Waals surface area contributed by atoms with Crippen molar-refractivity contribution in [2.24, 2.45) is 5.92 Å². The highest BCUT2D eigenvalue weighted by Crippen LogP contribution is 2.40. The van der Waals surface area contributed by atoms with Crippen LogP contribution < -0.4 is 0 Å². The van der Waals surface area contributed by atoms with Crippen LogP contribution in [0.4, 0.5) is 0 Å². The molecule has 1 atom stereocenters. The number of amides is 1. The molecule has 0 aromatic heterocycles. The number of likely N-dealkylation sites (tertiary alicyclic amines) is 1. The molecule has 22 heavy (non-hydrogen) atoms. The molecule has 0 bridgehead atoms. The fraction of sp³-hybridized carbons (Fsp3) is 0.929. The summed E-state index contributed by atoms with van der Waals surface area (Å²) in [6.45, 7) is 4.40. The van der Waals surface area contributed by atoms with Gasteiger partial charge < -0.3 is 9.64 Å². The summed E-state index contributed by atoms with van der Waals surface area (Å²) in [4.78, 5) is 16.5. The van der Waals surface area contributed by atoms with Gasteiger partial charge in [-0.2, -0.15) is 4.31 Å². The number of piperazine rings is 1. The summed E-state index contributed by atoms with van der Waals surface area (Å²) >= 11 is 0. The van der Waals surface area contributed by atoms with Crippen LogP contribution in [0, 0.1) is 5.92 Å². The van der Waals surface area contributed by atoms with E-state index in [1.165, 1.54) is 6.26 Å². The molecule has 0 radical (unpaired) electrons. The first kappa shape index (κ1) is 14.9. The molecule has 4 rings (SSSR count). The van der Waals surface area contributed by atoms with Gasteiger partial charge in [0.1, 0.15) is 0 Å². The number of morpholine rings is 1. The van der Waals surface area contributed by atoms with Crippen LogP contribution in [0.5, 0.6) is 0 Å². The fourth-order valence-corrected chi connectivity index (χ4v) is 5.01. The van der Waals surface area contributed by atoms with Crippen LogP contribution in [0.3, 0.4) is 0 Å². The quantitative estimate of drug-likeness (QED) is 0.647. The molecule has 0 aromatic rings. The molecule has 0 aromatic carbocycles. The van der Waals surface area contributed by atoms with Gasteiger partial charge in [-0.05, 0) is 12.8 Å². The molecule has 1 saturated carbocycles. The Morgan fingerprint density at radius 3 is 2.59 bits per heavy atom. The van der Waals surface area contributed by atoms with Crippen molar-refractivity contribution in [3.8, 4) is 0 Å². The van der Waals surface area contributed by atoms with Gasteiger partial charge in [-0.15, -0.1) is 0 Å². The highest BCUT2D eigenvalue weighted by Gasteiger charge is 2.57. The van der Waals surface area contributed by atoms with Crippen LogP contribution in [0.25, 0.3) is 0 Å². The minimum atomic E-state index is -3.22. The van der Waals surface area contributed by atoms with Crippen LogP contribution in [0.1, 0.15) is 12.8 Å². The largest absolute Gasteiger partial charge is 0.378 e. The molecule has 1 amide bonds. The van der Waals surface area contributed by atoms with Crippen LogP contribution in [0.2, 0.25) is 0 Å². The lowest BCUT2D eigenvalue weighted by atomic mass is 9.83. The zero-order chi connectivity index (χ0) is 15.5. The first-order chi connectivity index (χ1) is 10.4. The highest BCUT2D eigenvalue weighted by atomic mass is 32.2. The summed E-state index contributed by atoms with van der Waals surface area (Å²) in [5.74, 6) is 0.486. The standard InChI is InChI=1S/C14H23N3O4S/c1-22(19,20)16-6-12-7-21-5-4-17(12)14(10-16)8-15(9-14)13(18)11-2-3-11/h11-12H,2-10H2,1H3/t12-/m1/s1. The number of carbonyl (C=O) groups excluding carboxylic acids is 1. The van der Waals surface area contributed by atoms with Crippen molar-refractivity contribution in [1.29, 1.82) is 0 Å². The number of rotatable bonds is 2. The normalized spacial score (nSPS) is 32.6. The third-order valence-electron chi connectivity index (χ3n) is 5.40. The van der Waals surface area contributed by atoms with Gasteiger partial charge in [-0.25, -0.2) is 8.42 Å². The fourth-order valence-electron chi connectivity index (χ4n) is 4.09. The zero-order valence-electron chi connectivity index (χ0n) is 12.9. The molecule has 3 saturated heterocycles. The Kier molecular flexibility index (Phi) is 3.31. The van der Waals surface area contributed by atoms with Gasteiger partial charge in [-0.3, -0.25) is 9.69 Å². The maximum absolute atomic E-state index is 12.2. The molecule has 124 valence electrons. The summed E-state index contributed by atoms with van der Waals surface area (Å²) in [6, 6.07) is 0.107. The first-order valence-corrected chi connectivity index (χ1v) is 9.82. The lowest BCUT2D eigenvalue weighted by Gasteiger charge is -2.62. The van der Waals surface area contributed by atoms with Crippen molar-refractivity contribution in [1.82, 2.24) is 14.1 Å². The van der Waals surface area contributed by atoms with Gasteiger partial charge in [0, 0.05) is 44.7 Å². The molecular formula is C14H23N3O4S. The molecular weight excluding hydrogens is 306 g/mol. The smallest absolute Gasteiger partial charge is 0.225 e. The number of hydrogen-bond acceptors (Lipinski definition) is 5. The van der Waals surface area contributed by atoms with E-state index in [2.05, 4.69) is 4.90 Å². The summed E-state index contributed by atoms with van der Waals surface area (Å²) in [7, 11) is -3.22. The van der Waals surface area contributed by atoms with Crippen LogP contribution in [-0.2, 0) is 19.6 Å². The Hall–Kier alpha value is -0.700. The molecule has 3 aliphatic heterocycles. The van der Waals surface area contributed by atoms with E-state index in [0.29, 0.717) is 39.4 Å². The predicted molar refractivity (Wildman–Crippen MR) is 79.8 cm³/mol. The first-order valence-electron chi connectivity index (χ1n) is 7.97. The molecule has 1 aliphatic carbocycles. The zero-order valence-corrected chi connectivity index (χ0v) is 13.7. The van der Waals surface area contributed by atoms with E-state index in [0.717, 1.165) is 19.4 Å². The second-order valence-corrected chi connectivity index (χ2v) is 9.15. The topological polar surface area (TPSA) is 70.2 Å². The van der Waals surface area contributed by atoms with E-state index in [1.807, 2.05) is 4.90 Å². The summed E-state index contributed by atoms with van der Waals surface area (Å²) in [5.41, 5.74) is -0.208. The van der Waals surface area contributed by atoms with Crippen LogP contribution in [0.15, 0.2) is 0 Å². The van der Waals surface area contributed by atoms with Gasteiger partial charge in [0.2, 0.25) is 15.9 Å². The number of hydrogen-bond donors (Lipinski definition) is 0. The average molecular weight is 329 g/mol. The Balaban J connectivity index is 1.54. The van der Waals surface area contributed by atoms with E-state index in [1.54, 1.807) is 4.31 Å². The molecule has 3 heterocycles. The van der Waals surface area contributed by atoms with Crippen molar-refractivity contribution in [2.45, 2.75) is 24.4 Å². The summed E-state index contributed by atoms with van der Waals surface area (Å²) in [5, 5.41) is 0. The SMILES string of the molecule is CS(=O)(=O)N1C[C@@H]2COCCN2C2(CN(C(=O)C3CC3)C2)C1. The van der Waals surface area contributed by atoms with Crippen molar-refractivity contribution in [2.75, 3.05) is 52.2 Å². The Morgan fingerprint density at radius 2 is 1.95 bits per heavy atom. The molecule has 8 heteroatoms. The van der Waals surface area contributed by atoms with Gasteiger partial charge in [-0.1, -0.05) is 0 Å². The van der Waals surface area contributed by atoms with Crippen molar-refractivity contribution in [3.63, 3.8) is 0 Å². The van der Waals surface area contributed by atoms with Gasteiger partial charge >= 0.3 is 0 Å². The molecule has 0 unspecified atom stereocenters. The molecule has 7 nitrogen and oxygen atoms in total. The minimum Gasteiger partial charge on any atom is -0.378 e. The maximum atomic E-state index is 12.2. The Bertz CT molecular complexity index is 583. The van der Waals surface area contributed by atoms with E-state index >= 15 is 0 Å². The summed E-state index contributed by atoms with van der Waals surface area (Å²) < 4.78 is 31.1. The second-order valence-electron chi connectivity index (χ2n) is 7.17. The monoisotopic (exact) mass is 329 g/mol. The van der Waals surface area contributed by atoms with Crippen molar-refractivity contribution < 1.29 is 17.9 Å². The molecule has 0 N–H and O–H groups in total. The summed E-state index contributed by atoms with van der Waals surface area (Å²) in [6.07, 6.45) is 3.29. The number of fused-ring (bicyclic) bond motifs is 2. The van der Waals surface area contributed by atoms with E-state index in [-0.39, 0.29) is 23.4 Å². The second kappa shape index (κ2) is 4.90. The van der Waals surface area contributed by atoms with Crippen molar-refractivity contribution >= 4 is 15.9 Å². The number of nitrogens with zero attached hydrogens (tertiary/aromatic N) is 3. The van der Waals surface area contributed by atoms with Crippen LogP contribution >= 0.6 is 0 Å². The number of sulfonamides is 1. The van der Waals surface area contributed by atoms with E-state index in [4.69, 9.17) is 4.74 Å². The Labute approximate surface area is 131 Å². The molecule has 4 aliphatic rings. The third kappa shape index (κ3) is 2.36. The van der Waals surface area contributed by atoms with Gasteiger partial charge in [0.15, 0.2) is 0 Å². The van der Waals surface area contributed by atoms with Gasteiger partial charge in [0.05, 0.1) is 25.0 Å².